The van der Waals surface area contributed by atoms with Gasteiger partial charge in [-0.05, 0) is 15.9 Å². The van der Waals surface area contributed by atoms with Crippen molar-refractivity contribution >= 4 is 32.9 Å². The van der Waals surface area contributed by atoms with Crippen LogP contribution in [0.25, 0.3) is 17.1 Å². The number of nitrogens with two attached hydrogens (primary N) is 1. The van der Waals surface area contributed by atoms with Crippen LogP contribution in [0.4, 0.5) is 5.82 Å². The fourth-order valence-corrected chi connectivity index (χ4v) is 1.95. The summed E-state index contributed by atoms with van der Waals surface area (Å²) in [6.45, 7) is 0. The van der Waals surface area contributed by atoms with E-state index in [1.54, 1.807) is 17.1 Å². The molecule has 0 fully saturated rings. The molecular formula is C10H8BrN7O. The molecule has 3 heterocycles. The lowest BCUT2D eigenvalue weighted by Gasteiger charge is -2.05. The van der Waals surface area contributed by atoms with Crippen LogP contribution in [0.2, 0.25) is 0 Å². The van der Waals surface area contributed by atoms with Crippen LogP contribution in [0.5, 0.6) is 5.88 Å². The number of hydrogen-bond acceptors (Lipinski definition) is 7. The summed E-state index contributed by atoms with van der Waals surface area (Å²) in [5.41, 5.74) is 6.77. The molecule has 0 aliphatic rings. The molecule has 9 heteroatoms. The molecule has 0 spiro atoms. The van der Waals surface area contributed by atoms with Gasteiger partial charge in [0.15, 0.2) is 17.0 Å². The molecule has 2 N–H and O–H groups in total. The third-order valence-electron chi connectivity index (χ3n) is 2.47. The molecule has 96 valence electrons. The Bertz CT molecular complexity index is 757. The molecule has 0 aromatic carbocycles. The second-order valence-corrected chi connectivity index (χ2v) is 4.43. The molecule has 0 unspecified atom stereocenters. The molecule has 3 aromatic heterocycles. The first kappa shape index (κ1) is 11.8. The average Bonchev–Trinajstić information content (AvgIpc) is 2.85. The number of rotatable bonds is 2. The monoisotopic (exact) mass is 321 g/mol. The van der Waals surface area contributed by atoms with E-state index in [4.69, 9.17) is 10.5 Å². The summed E-state index contributed by atoms with van der Waals surface area (Å²) in [4.78, 5) is 20.6. The first-order chi connectivity index (χ1) is 9.20. The van der Waals surface area contributed by atoms with E-state index >= 15 is 0 Å². The number of nitrogen functional groups attached to an aromatic ring is 1. The van der Waals surface area contributed by atoms with E-state index in [1.165, 1.54) is 13.4 Å². The zero-order valence-electron chi connectivity index (χ0n) is 9.78. The molecule has 0 atom stereocenters. The Hall–Kier alpha value is -2.29. The number of hydrogen-bond donors (Lipinski definition) is 1. The number of nitrogens with zero attached hydrogens (tertiary/aromatic N) is 6. The quantitative estimate of drug-likeness (QED) is 0.749. The minimum absolute atomic E-state index is 0.313. The van der Waals surface area contributed by atoms with Gasteiger partial charge in [0, 0.05) is 0 Å². The first-order valence-corrected chi connectivity index (χ1v) is 6.00. The maximum Gasteiger partial charge on any atom is 0.239 e. The number of aromatic nitrogens is 6. The van der Waals surface area contributed by atoms with Crippen LogP contribution in [-0.2, 0) is 0 Å². The van der Waals surface area contributed by atoms with Crippen LogP contribution in [0.3, 0.4) is 0 Å². The van der Waals surface area contributed by atoms with Gasteiger partial charge in [0.05, 0.1) is 17.8 Å². The fourth-order valence-electron chi connectivity index (χ4n) is 1.60. The maximum atomic E-state index is 5.73. The number of halogens is 1. The van der Waals surface area contributed by atoms with Gasteiger partial charge in [0.2, 0.25) is 11.8 Å². The van der Waals surface area contributed by atoms with Crippen LogP contribution in [0.15, 0.2) is 23.3 Å². The Morgan fingerprint density at radius 2 is 2.11 bits per heavy atom. The van der Waals surface area contributed by atoms with Crippen molar-refractivity contribution in [2.24, 2.45) is 0 Å². The van der Waals surface area contributed by atoms with Crippen molar-refractivity contribution in [3.63, 3.8) is 0 Å². The maximum absolute atomic E-state index is 5.73. The lowest BCUT2D eigenvalue weighted by Crippen LogP contribution is -2.03. The molecule has 3 aromatic rings. The second-order valence-electron chi connectivity index (χ2n) is 3.57. The third-order valence-corrected chi connectivity index (χ3v) is 3.01. The summed E-state index contributed by atoms with van der Waals surface area (Å²) in [6.07, 6.45) is 4.50. The average molecular weight is 322 g/mol. The minimum Gasteiger partial charge on any atom is -0.480 e. The van der Waals surface area contributed by atoms with E-state index in [9.17, 15) is 0 Å². The van der Waals surface area contributed by atoms with Crippen LogP contribution < -0.4 is 10.5 Å². The molecule has 0 saturated heterocycles. The van der Waals surface area contributed by atoms with Gasteiger partial charge in [-0.3, -0.25) is 4.57 Å². The molecule has 8 nitrogen and oxygen atoms in total. The number of ether oxygens (including phenoxy) is 1. The van der Waals surface area contributed by atoms with E-state index in [0.717, 1.165) is 0 Å². The van der Waals surface area contributed by atoms with Crippen molar-refractivity contribution in [3.8, 4) is 11.8 Å². The summed E-state index contributed by atoms with van der Waals surface area (Å²) < 4.78 is 7.41. The summed E-state index contributed by atoms with van der Waals surface area (Å²) >= 11 is 3.29. The minimum atomic E-state index is 0.313. The van der Waals surface area contributed by atoms with Crippen LogP contribution in [0.1, 0.15) is 0 Å². The number of anilines is 1. The molecular weight excluding hydrogens is 314 g/mol. The summed E-state index contributed by atoms with van der Waals surface area (Å²) in [6, 6.07) is 0. The zero-order chi connectivity index (χ0) is 13.4. The molecule has 0 amide bonds. The molecule has 3 rings (SSSR count). The molecule has 0 radical (unpaired) electrons. The van der Waals surface area contributed by atoms with Gasteiger partial charge >= 0.3 is 0 Å². The van der Waals surface area contributed by atoms with Gasteiger partial charge in [-0.15, -0.1) is 0 Å². The van der Waals surface area contributed by atoms with Crippen molar-refractivity contribution in [2.75, 3.05) is 12.8 Å². The highest BCUT2D eigenvalue weighted by Crippen LogP contribution is 2.23. The smallest absolute Gasteiger partial charge is 0.239 e. The lowest BCUT2D eigenvalue weighted by atomic mass is 10.5. The predicted molar refractivity (Wildman–Crippen MR) is 70.9 cm³/mol. The fraction of sp³-hybridized carbons (Fsp3) is 0.100. The van der Waals surface area contributed by atoms with Gasteiger partial charge in [0.25, 0.3) is 0 Å². The topological polar surface area (TPSA) is 105 Å². The molecule has 0 aliphatic heterocycles. The summed E-state index contributed by atoms with van der Waals surface area (Å²) in [5, 5.41) is 0. The zero-order valence-corrected chi connectivity index (χ0v) is 11.4. The lowest BCUT2D eigenvalue weighted by molar-refractivity contribution is 0.393. The summed E-state index contributed by atoms with van der Waals surface area (Å²) in [5.74, 6) is 1.13. The van der Waals surface area contributed by atoms with E-state index in [2.05, 4.69) is 40.8 Å². The van der Waals surface area contributed by atoms with Crippen molar-refractivity contribution in [3.05, 3.63) is 23.3 Å². The van der Waals surface area contributed by atoms with Gasteiger partial charge in [0.1, 0.15) is 12.7 Å². The normalized spacial score (nSPS) is 10.8. The number of methoxy groups -OCH3 is 1. The molecule has 0 saturated carbocycles. The van der Waals surface area contributed by atoms with E-state index in [1.807, 2.05) is 0 Å². The second kappa shape index (κ2) is 4.43. The van der Waals surface area contributed by atoms with Crippen molar-refractivity contribution in [2.45, 2.75) is 0 Å². The Morgan fingerprint density at radius 3 is 2.89 bits per heavy atom. The van der Waals surface area contributed by atoms with E-state index in [-0.39, 0.29) is 0 Å². The van der Waals surface area contributed by atoms with Gasteiger partial charge < -0.3 is 10.5 Å². The first-order valence-electron chi connectivity index (χ1n) is 5.21. The Labute approximate surface area is 115 Å². The standard InChI is InChI=1S/C10H8BrN7O/c1-19-9-5(11)2-13-10(17-9)18-4-16-6-7(12)14-3-15-8(6)18/h2-4H,1H3,(H2,12,14,15). The van der Waals surface area contributed by atoms with Crippen molar-refractivity contribution in [1.29, 1.82) is 0 Å². The van der Waals surface area contributed by atoms with Crippen molar-refractivity contribution in [1.82, 2.24) is 29.5 Å². The van der Waals surface area contributed by atoms with Crippen LogP contribution >= 0.6 is 15.9 Å². The van der Waals surface area contributed by atoms with Gasteiger partial charge in [-0.25, -0.2) is 19.9 Å². The SMILES string of the molecule is COc1nc(-n2cnc3c(N)ncnc32)ncc1Br. The summed E-state index contributed by atoms with van der Waals surface area (Å²) in [7, 11) is 1.53. The molecule has 0 aliphatic carbocycles. The highest BCUT2D eigenvalue weighted by atomic mass is 79.9. The Morgan fingerprint density at radius 1 is 1.26 bits per heavy atom. The predicted octanol–water partition coefficient (Wildman–Crippen LogP) is 0.959. The number of imidazole rings is 1. The van der Waals surface area contributed by atoms with E-state index < -0.39 is 0 Å². The van der Waals surface area contributed by atoms with Gasteiger partial charge in [-0.2, -0.15) is 4.98 Å². The number of fused-ring (bicyclic) bond motifs is 1. The largest absolute Gasteiger partial charge is 0.480 e. The highest BCUT2D eigenvalue weighted by molar-refractivity contribution is 9.10. The van der Waals surface area contributed by atoms with Crippen molar-refractivity contribution < 1.29 is 4.74 Å². The molecule has 19 heavy (non-hydrogen) atoms. The van der Waals surface area contributed by atoms with E-state index in [0.29, 0.717) is 33.3 Å². The molecule has 0 bridgehead atoms. The Balaban J connectivity index is 2.22. The highest BCUT2D eigenvalue weighted by Gasteiger charge is 2.13. The van der Waals surface area contributed by atoms with Crippen LogP contribution in [0, 0.1) is 0 Å². The third kappa shape index (κ3) is 1.87. The van der Waals surface area contributed by atoms with Gasteiger partial charge in [-0.1, -0.05) is 0 Å². The van der Waals surface area contributed by atoms with Crippen LogP contribution in [-0.4, -0.2) is 36.6 Å². The Kier molecular flexibility index (Phi) is 2.75.